The molecule has 0 bridgehead atoms. The number of hydrogen-bond acceptors (Lipinski definition) is 2. The molecule has 2 rings (SSSR count). The fourth-order valence-electron chi connectivity index (χ4n) is 4.03. The molecule has 0 aliphatic rings. The lowest BCUT2D eigenvalue weighted by Gasteiger charge is -2.43. The van der Waals surface area contributed by atoms with Crippen molar-refractivity contribution in [3.05, 3.63) is 85.5 Å². The highest BCUT2D eigenvalue weighted by Gasteiger charge is 2.50. The third-order valence-electron chi connectivity index (χ3n) is 5.69. The average molecular weight is 437 g/mol. The van der Waals surface area contributed by atoms with E-state index in [1.807, 2.05) is 6.08 Å². The first kappa shape index (κ1) is 25.3. The minimum Gasteiger partial charge on any atom is -0.404 e. The zero-order chi connectivity index (χ0) is 22.6. The van der Waals surface area contributed by atoms with Gasteiger partial charge in [0.25, 0.3) is 8.32 Å². The Kier molecular flexibility index (Phi) is 10.5. The van der Waals surface area contributed by atoms with Gasteiger partial charge in [-0.15, -0.1) is 6.58 Å². The van der Waals surface area contributed by atoms with Gasteiger partial charge in [-0.25, -0.2) is 0 Å². The molecule has 0 saturated heterocycles. The van der Waals surface area contributed by atoms with Gasteiger partial charge in [0.05, 0.1) is 19.3 Å². The number of benzene rings is 2. The minimum absolute atomic E-state index is 0.0411. The topological polar surface area (TPSA) is 18.5 Å². The fourth-order valence-corrected chi connectivity index (χ4v) is 8.60. The first-order chi connectivity index (χ1) is 15.0. The third kappa shape index (κ3) is 7.03. The maximum absolute atomic E-state index is 6.95. The van der Waals surface area contributed by atoms with Gasteiger partial charge in [-0.1, -0.05) is 119 Å². The monoisotopic (exact) mass is 436 g/mol. The molecule has 0 amide bonds. The van der Waals surface area contributed by atoms with E-state index in [4.69, 9.17) is 9.16 Å². The summed E-state index contributed by atoms with van der Waals surface area (Å²) >= 11 is 0. The summed E-state index contributed by atoms with van der Waals surface area (Å²) in [5, 5.41) is 2.53. The average Bonchev–Trinajstić information content (AvgIpc) is 2.78. The van der Waals surface area contributed by atoms with Crippen LogP contribution in [0.15, 0.2) is 85.5 Å². The summed E-state index contributed by atoms with van der Waals surface area (Å²) in [7, 11) is -2.54. The summed E-state index contributed by atoms with van der Waals surface area (Å²) in [5.74, 6) is 0. The molecule has 31 heavy (non-hydrogen) atoms. The summed E-state index contributed by atoms with van der Waals surface area (Å²) in [5.41, 5.74) is 0. The normalized spacial score (nSPS) is 13.4. The lowest BCUT2D eigenvalue weighted by Crippen LogP contribution is -2.67. The van der Waals surface area contributed by atoms with Crippen LogP contribution in [0.3, 0.4) is 0 Å². The standard InChI is InChI=1S/C28H40O2Si/c1-6-8-9-10-11-18-23-29-25(7-2)24-30-31(28(3,4)5,26-19-14-12-15-20-26)27-21-16-13-17-22-27/h7,11-22,25H,2,6,8-10,23-24H2,1,3-5H3/b18-11+/t25-/m1/s1. The Bertz CT molecular complexity index is 738. The largest absolute Gasteiger partial charge is 0.404 e. The Morgan fingerprint density at radius 1 is 0.903 bits per heavy atom. The van der Waals surface area contributed by atoms with Crippen molar-refractivity contribution in [3.63, 3.8) is 0 Å². The fraction of sp³-hybridized carbons (Fsp3) is 0.429. The molecule has 0 saturated carbocycles. The van der Waals surface area contributed by atoms with Crippen molar-refractivity contribution in [1.29, 1.82) is 0 Å². The Hall–Kier alpha value is -1.94. The Balaban J connectivity index is 2.19. The van der Waals surface area contributed by atoms with Crippen LogP contribution in [0.2, 0.25) is 5.04 Å². The maximum Gasteiger partial charge on any atom is 0.261 e. The summed E-state index contributed by atoms with van der Waals surface area (Å²) in [6.45, 7) is 14.2. The Morgan fingerprint density at radius 3 is 1.97 bits per heavy atom. The van der Waals surface area contributed by atoms with Crippen LogP contribution in [0.25, 0.3) is 0 Å². The van der Waals surface area contributed by atoms with Gasteiger partial charge in [0.1, 0.15) is 0 Å². The molecule has 0 aliphatic heterocycles. The van der Waals surface area contributed by atoms with E-state index in [0.29, 0.717) is 13.2 Å². The molecule has 0 aromatic heterocycles. The summed E-state index contributed by atoms with van der Waals surface area (Å²) in [6.07, 6.45) is 11.0. The first-order valence-corrected chi connectivity index (χ1v) is 13.5. The molecule has 3 heteroatoms. The second-order valence-electron chi connectivity index (χ2n) is 9.05. The highest BCUT2D eigenvalue weighted by Crippen LogP contribution is 2.36. The molecule has 0 N–H and O–H groups in total. The number of allylic oxidation sites excluding steroid dienone is 1. The van der Waals surface area contributed by atoms with Gasteiger partial charge in [-0.05, 0) is 28.3 Å². The van der Waals surface area contributed by atoms with Crippen LogP contribution in [0.1, 0.15) is 53.4 Å². The van der Waals surface area contributed by atoms with Crippen molar-refractivity contribution < 1.29 is 9.16 Å². The van der Waals surface area contributed by atoms with Gasteiger partial charge in [0, 0.05) is 0 Å². The summed E-state index contributed by atoms with van der Waals surface area (Å²) in [4.78, 5) is 0. The van der Waals surface area contributed by atoms with E-state index in [0.717, 1.165) is 6.42 Å². The van der Waals surface area contributed by atoms with Crippen molar-refractivity contribution >= 4 is 18.7 Å². The molecule has 2 aromatic carbocycles. The SMILES string of the molecule is C=C[C@H](CO[Si](c1ccccc1)(c1ccccc1)C(C)(C)C)OC/C=C/CCCCC. The predicted molar refractivity (Wildman–Crippen MR) is 137 cm³/mol. The van der Waals surface area contributed by atoms with Crippen molar-refractivity contribution in [3.8, 4) is 0 Å². The Labute approximate surface area is 191 Å². The highest BCUT2D eigenvalue weighted by atomic mass is 28.4. The number of ether oxygens (including phenoxy) is 1. The smallest absolute Gasteiger partial charge is 0.261 e. The zero-order valence-corrected chi connectivity index (χ0v) is 20.8. The molecule has 0 unspecified atom stereocenters. The molecule has 0 heterocycles. The maximum atomic E-state index is 6.95. The zero-order valence-electron chi connectivity index (χ0n) is 19.8. The first-order valence-electron chi connectivity index (χ1n) is 11.6. The number of hydrogen-bond donors (Lipinski definition) is 0. The molecular formula is C28H40O2Si. The van der Waals surface area contributed by atoms with Crippen LogP contribution >= 0.6 is 0 Å². The molecular weight excluding hydrogens is 396 g/mol. The summed E-state index contributed by atoms with van der Waals surface area (Å²) < 4.78 is 13.0. The molecule has 2 aromatic rings. The van der Waals surface area contributed by atoms with E-state index >= 15 is 0 Å². The second kappa shape index (κ2) is 12.8. The lowest BCUT2D eigenvalue weighted by atomic mass is 10.2. The van der Waals surface area contributed by atoms with Gasteiger partial charge >= 0.3 is 0 Å². The van der Waals surface area contributed by atoms with E-state index in [1.54, 1.807) is 0 Å². The van der Waals surface area contributed by atoms with E-state index in [9.17, 15) is 0 Å². The molecule has 0 fully saturated rings. The molecule has 1 atom stereocenters. The van der Waals surface area contributed by atoms with Crippen LogP contribution in [-0.2, 0) is 9.16 Å². The van der Waals surface area contributed by atoms with Crippen LogP contribution < -0.4 is 10.4 Å². The van der Waals surface area contributed by atoms with Crippen LogP contribution in [0, 0.1) is 0 Å². The molecule has 168 valence electrons. The Morgan fingerprint density at radius 2 is 1.48 bits per heavy atom. The van der Waals surface area contributed by atoms with Gasteiger partial charge in [0.2, 0.25) is 0 Å². The number of rotatable bonds is 13. The third-order valence-corrected chi connectivity index (χ3v) is 10.7. The van der Waals surface area contributed by atoms with Gasteiger partial charge in [-0.3, -0.25) is 0 Å². The molecule has 0 aliphatic carbocycles. The van der Waals surface area contributed by atoms with Gasteiger partial charge in [-0.2, -0.15) is 0 Å². The van der Waals surface area contributed by atoms with Crippen LogP contribution in [-0.4, -0.2) is 27.6 Å². The number of unbranched alkanes of at least 4 members (excludes halogenated alkanes) is 3. The van der Waals surface area contributed by atoms with Crippen LogP contribution in [0.5, 0.6) is 0 Å². The summed E-state index contributed by atoms with van der Waals surface area (Å²) in [6, 6.07) is 21.4. The van der Waals surface area contributed by atoms with E-state index in [1.165, 1.54) is 29.6 Å². The molecule has 0 radical (unpaired) electrons. The van der Waals surface area contributed by atoms with E-state index in [-0.39, 0.29) is 11.1 Å². The molecule has 2 nitrogen and oxygen atoms in total. The molecule has 0 spiro atoms. The van der Waals surface area contributed by atoms with Crippen molar-refractivity contribution in [2.24, 2.45) is 0 Å². The van der Waals surface area contributed by atoms with Crippen LogP contribution in [0.4, 0.5) is 0 Å². The quantitative estimate of drug-likeness (QED) is 0.209. The lowest BCUT2D eigenvalue weighted by molar-refractivity contribution is 0.0652. The van der Waals surface area contributed by atoms with Crippen molar-refractivity contribution in [2.75, 3.05) is 13.2 Å². The van der Waals surface area contributed by atoms with Gasteiger partial charge < -0.3 is 9.16 Å². The highest BCUT2D eigenvalue weighted by molar-refractivity contribution is 6.99. The van der Waals surface area contributed by atoms with Crippen molar-refractivity contribution in [1.82, 2.24) is 0 Å². The van der Waals surface area contributed by atoms with E-state index in [2.05, 4.69) is 107 Å². The van der Waals surface area contributed by atoms with Crippen molar-refractivity contribution in [2.45, 2.75) is 64.5 Å². The predicted octanol–water partition coefficient (Wildman–Crippen LogP) is 6.27. The second-order valence-corrected chi connectivity index (χ2v) is 13.4. The van der Waals surface area contributed by atoms with Gasteiger partial charge in [0.15, 0.2) is 0 Å². The van der Waals surface area contributed by atoms with E-state index < -0.39 is 8.32 Å². The minimum atomic E-state index is -2.54.